The molecular formula is C15H15NO3S. The summed E-state index contributed by atoms with van der Waals surface area (Å²) in [7, 11) is 0. The van der Waals surface area contributed by atoms with Gasteiger partial charge in [-0.2, -0.15) is 0 Å². The summed E-state index contributed by atoms with van der Waals surface area (Å²) in [6.45, 7) is 0.244. The number of aryl methyl sites for hydroxylation is 2. The first-order valence-electron chi connectivity index (χ1n) is 6.69. The first-order valence-corrected chi connectivity index (χ1v) is 7.51. The van der Waals surface area contributed by atoms with Crippen LogP contribution in [-0.4, -0.2) is 15.6 Å². The number of carbonyl (C=O) groups is 1. The lowest BCUT2D eigenvalue weighted by Gasteiger charge is -2.10. The third-order valence-corrected chi connectivity index (χ3v) is 4.68. The predicted octanol–water partition coefficient (Wildman–Crippen LogP) is 2.54. The second kappa shape index (κ2) is 5.25. The number of aliphatic carboxylic acids is 1. The second-order valence-corrected chi connectivity index (χ2v) is 5.99. The number of hydrogen-bond donors (Lipinski definition) is 1. The van der Waals surface area contributed by atoms with Gasteiger partial charge in [-0.25, -0.2) is 0 Å². The van der Waals surface area contributed by atoms with Gasteiger partial charge in [0.15, 0.2) is 0 Å². The summed E-state index contributed by atoms with van der Waals surface area (Å²) in [4.78, 5) is 23.9. The van der Waals surface area contributed by atoms with E-state index >= 15 is 0 Å². The minimum absolute atomic E-state index is 0.0226. The zero-order chi connectivity index (χ0) is 14.1. The van der Waals surface area contributed by atoms with Gasteiger partial charge < -0.3 is 5.11 Å². The van der Waals surface area contributed by atoms with Crippen molar-refractivity contribution < 1.29 is 9.90 Å². The SMILES string of the molecule is O=C(O)CCn1c2c(sc1=O)CCCc1ccccc1-2. The van der Waals surface area contributed by atoms with Crippen LogP contribution in [0.1, 0.15) is 23.3 Å². The van der Waals surface area contributed by atoms with E-state index in [1.54, 1.807) is 4.57 Å². The smallest absolute Gasteiger partial charge is 0.307 e. The van der Waals surface area contributed by atoms with Gasteiger partial charge in [-0.1, -0.05) is 35.6 Å². The van der Waals surface area contributed by atoms with Crippen LogP contribution in [0.4, 0.5) is 0 Å². The van der Waals surface area contributed by atoms with E-state index in [1.165, 1.54) is 16.9 Å². The van der Waals surface area contributed by atoms with Gasteiger partial charge in [-0.05, 0) is 24.8 Å². The van der Waals surface area contributed by atoms with Crippen LogP contribution in [0.15, 0.2) is 29.1 Å². The van der Waals surface area contributed by atoms with Crippen molar-refractivity contribution in [3.8, 4) is 11.3 Å². The Hall–Kier alpha value is -1.88. The maximum Gasteiger partial charge on any atom is 0.307 e. The Morgan fingerprint density at radius 3 is 2.90 bits per heavy atom. The number of aromatic nitrogens is 1. The summed E-state index contributed by atoms with van der Waals surface area (Å²) in [5.74, 6) is -0.876. The fraction of sp³-hybridized carbons (Fsp3) is 0.333. The van der Waals surface area contributed by atoms with Crippen LogP contribution >= 0.6 is 11.3 Å². The van der Waals surface area contributed by atoms with E-state index in [-0.39, 0.29) is 17.8 Å². The average molecular weight is 289 g/mol. The Labute approximate surface area is 120 Å². The molecule has 3 rings (SSSR count). The van der Waals surface area contributed by atoms with Gasteiger partial charge in [0.25, 0.3) is 0 Å². The molecule has 0 saturated carbocycles. The van der Waals surface area contributed by atoms with Gasteiger partial charge in [0.1, 0.15) is 0 Å². The zero-order valence-electron chi connectivity index (χ0n) is 11.0. The standard InChI is InChI=1S/C15H15NO3S/c17-13(18)8-9-16-14-11-6-2-1-4-10(11)5-3-7-12(14)20-15(16)19/h1-2,4,6H,3,5,7-9H2,(H,17,18). The Bertz CT molecular complexity index is 714. The second-order valence-electron chi connectivity index (χ2n) is 4.95. The zero-order valence-corrected chi connectivity index (χ0v) is 11.8. The maximum absolute atomic E-state index is 12.1. The molecule has 1 aliphatic rings. The number of carboxylic acids is 1. The van der Waals surface area contributed by atoms with Gasteiger partial charge in [0.05, 0.1) is 12.1 Å². The number of benzene rings is 1. The summed E-state index contributed by atoms with van der Waals surface area (Å²) < 4.78 is 1.64. The van der Waals surface area contributed by atoms with Crippen LogP contribution < -0.4 is 4.87 Å². The number of nitrogens with zero attached hydrogens (tertiary/aromatic N) is 1. The molecule has 1 aromatic heterocycles. The van der Waals surface area contributed by atoms with Gasteiger partial charge in [-0.3, -0.25) is 14.2 Å². The first kappa shape index (κ1) is 13.1. The molecule has 0 atom stereocenters. The largest absolute Gasteiger partial charge is 0.481 e. The van der Waals surface area contributed by atoms with Gasteiger partial charge in [0.2, 0.25) is 0 Å². The molecule has 5 heteroatoms. The molecule has 0 spiro atoms. The molecule has 0 amide bonds. The van der Waals surface area contributed by atoms with Gasteiger partial charge >= 0.3 is 10.8 Å². The summed E-state index contributed by atoms with van der Waals surface area (Å²) in [6, 6.07) is 8.10. The van der Waals surface area contributed by atoms with Crippen molar-refractivity contribution in [3.63, 3.8) is 0 Å². The van der Waals surface area contributed by atoms with E-state index in [9.17, 15) is 9.59 Å². The Morgan fingerprint density at radius 2 is 2.10 bits per heavy atom. The molecule has 0 fully saturated rings. The summed E-state index contributed by atoms with van der Waals surface area (Å²) >= 11 is 1.26. The molecule has 1 N–H and O–H groups in total. The van der Waals surface area contributed by atoms with Gasteiger partial charge in [0, 0.05) is 17.0 Å². The monoisotopic (exact) mass is 289 g/mol. The van der Waals surface area contributed by atoms with Crippen molar-refractivity contribution >= 4 is 17.3 Å². The van der Waals surface area contributed by atoms with E-state index in [1.807, 2.05) is 18.2 Å². The summed E-state index contributed by atoms with van der Waals surface area (Å²) in [5, 5.41) is 8.85. The van der Waals surface area contributed by atoms with Crippen molar-refractivity contribution in [3.05, 3.63) is 44.4 Å². The van der Waals surface area contributed by atoms with Crippen molar-refractivity contribution in [2.75, 3.05) is 0 Å². The minimum Gasteiger partial charge on any atom is -0.481 e. The van der Waals surface area contributed by atoms with Crippen LogP contribution in [0.2, 0.25) is 0 Å². The molecule has 2 aromatic rings. The Balaban J connectivity index is 2.15. The normalized spacial score (nSPS) is 13.4. The first-order chi connectivity index (χ1) is 9.66. The summed E-state index contributed by atoms with van der Waals surface area (Å²) in [6.07, 6.45) is 2.91. The molecule has 1 aliphatic carbocycles. The highest BCUT2D eigenvalue weighted by Crippen LogP contribution is 2.33. The predicted molar refractivity (Wildman–Crippen MR) is 78.3 cm³/mol. The lowest BCUT2D eigenvalue weighted by atomic mass is 10.0. The molecule has 4 nitrogen and oxygen atoms in total. The van der Waals surface area contributed by atoms with E-state index in [4.69, 9.17) is 5.11 Å². The fourth-order valence-electron chi connectivity index (χ4n) is 2.73. The van der Waals surface area contributed by atoms with Crippen molar-refractivity contribution in [1.82, 2.24) is 4.57 Å². The van der Waals surface area contributed by atoms with E-state index in [2.05, 4.69) is 6.07 Å². The van der Waals surface area contributed by atoms with Crippen molar-refractivity contribution in [1.29, 1.82) is 0 Å². The quantitative estimate of drug-likeness (QED) is 0.944. The van der Waals surface area contributed by atoms with Gasteiger partial charge in [-0.15, -0.1) is 0 Å². The molecule has 0 radical (unpaired) electrons. The molecule has 0 unspecified atom stereocenters. The molecule has 1 heterocycles. The lowest BCUT2D eigenvalue weighted by molar-refractivity contribution is -0.137. The average Bonchev–Trinajstić information content (AvgIpc) is 2.62. The highest BCUT2D eigenvalue weighted by atomic mass is 32.1. The van der Waals surface area contributed by atoms with E-state index in [0.717, 1.165) is 35.4 Å². The third-order valence-electron chi connectivity index (χ3n) is 3.64. The van der Waals surface area contributed by atoms with Crippen LogP contribution in [0.25, 0.3) is 11.3 Å². The fourth-order valence-corrected chi connectivity index (χ4v) is 3.80. The number of rotatable bonds is 3. The van der Waals surface area contributed by atoms with Crippen molar-refractivity contribution in [2.24, 2.45) is 0 Å². The topological polar surface area (TPSA) is 59.3 Å². The maximum atomic E-state index is 12.1. The van der Waals surface area contributed by atoms with Crippen LogP contribution in [0.3, 0.4) is 0 Å². The summed E-state index contributed by atoms with van der Waals surface area (Å²) in [5.41, 5.74) is 3.27. The van der Waals surface area contributed by atoms with Crippen LogP contribution in [-0.2, 0) is 24.2 Å². The van der Waals surface area contributed by atoms with Crippen LogP contribution in [0.5, 0.6) is 0 Å². The molecule has 1 aromatic carbocycles. The molecule has 0 bridgehead atoms. The number of thiazole rings is 1. The van der Waals surface area contributed by atoms with Crippen LogP contribution in [0, 0.1) is 0 Å². The lowest BCUT2D eigenvalue weighted by Crippen LogP contribution is -2.16. The Kier molecular flexibility index (Phi) is 3.44. The number of hydrogen-bond acceptors (Lipinski definition) is 3. The van der Waals surface area contributed by atoms with E-state index < -0.39 is 5.97 Å². The van der Waals surface area contributed by atoms with Crippen molar-refractivity contribution in [2.45, 2.75) is 32.2 Å². The number of fused-ring (bicyclic) bond motifs is 3. The Morgan fingerprint density at radius 1 is 1.30 bits per heavy atom. The number of carboxylic acid groups (broad SMARTS) is 1. The highest BCUT2D eigenvalue weighted by Gasteiger charge is 2.21. The third kappa shape index (κ3) is 2.29. The highest BCUT2D eigenvalue weighted by molar-refractivity contribution is 7.09. The molecule has 0 saturated heterocycles. The van der Waals surface area contributed by atoms with E-state index in [0.29, 0.717) is 0 Å². The molecule has 104 valence electrons. The molecule has 20 heavy (non-hydrogen) atoms. The molecule has 0 aliphatic heterocycles. The minimum atomic E-state index is -0.876. The molecular weight excluding hydrogens is 274 g/mol.